The first kappa shape index (κ1) is 17.4. The highest BCUT2D eigenvalue weighted by Gasteiger charge is 2.41. The molecule has 1 unspecified atom stereocenters. The van der Waals surface area contributed by atoms with Gasteiger partial charge in [-0.1, -0.05) is 12.1 Å². The number of piperidine rings is 1. The molecule has 0 saturated carbocycles. The molecule has 1 aromatic carbocycles. The SMILES string of the molecule is Cn1cc(-c2ccc3cnc(CC(=O)N4[C@@H]5CC[C@H]4CC(N)C5)cc3c2)cn1. The van der Waals surface area contributed by atoms with Crippen molar-refractivity contribution in [3.05, 3.63) is 48.5 Å². The zero-order valence-corrected chi connectivity index (χ0v) is 16.1. The quantitative estimate of drug-likeness (QED) is 0.763. The van der Waals surface area contributed by atoms with Gasteiger partial charge in [0.1, 0.15) is 0 Å². The lowest BCUT2D eigenvalue weighted by atomic mass is 9.97. The molecule has 2 fully saturated rings. The number of benzene rings is 1. The maximum atomic E-state index is 13.0. The second-order valence-electron chi connectivity index (χ2n) is 8.23. The molecule has 3 aromatic rings. The molecule has 1 amide bonds. The van der Waals surface area contributed by atoms with Gasteiger partial charge >= 0.3 is 0 Å². The average molecular weight is 375 g/mol. The summed E-state index contributed by atoms with van der Waals surface area (Å²) in [5.41, 5.74) is 9.17. The molecule has 2 N–H and O–H groups in total. The van der Waals surface area contributed by atoms with E-state index in [0.717, 1.165) is 53.3 Å². The number of pyridine rings is 1. The van der Waals surface area contributed by atoms with Gasteiger partial charge in [-0.05, 0) is 48.8 Å². The van der Waals surface area contributed by atoms with Crippen LogP contribution in [0.3, 0.4) is 0 Å². The molecule has 2 saturated heterocycles. The number of hydrogen-bond donors (Lipinski definition) is 1. The molecule has 6 heteroatoms. The number of carbonyl (C=O) groups excluding carboxylic acids is 1. The molecule has 28 heavy (non-hydrogen) atoms. The molecule has 2 aliphatic heterocycles. The summed E-state index contributed by atoms with van der Waals surface area (Å²) in [5, 5.41) is 6.43. The van der Waals surface area contributed by atoms with Crippen LogP contribution in [0, 0.1) is 0 Å². The van der Waals surface area contributed by atoms with E-state index in [1.54, 1.807) is 4.68 Å². The summed E-state index contributed by atoms with van der Waals surface area (Å²) >= 11 is 0. The fourth-order valence-electron chi connectivity index (χ4n) is 4.91. The van der Waals surface area contributed by atoms with Crippen molar-refractivity contribution in [2.24, 2.45) is 12.8 Å². The van der Waals surface area contributed by atoms with E-state index in [-0.39, 0.29) is 11.9 Å². The Bertz CT molecular complexity index is 1030. The molecular formula is C22H25N5O. The smallest absolute Gasteiger partial charge is 0.229 e. The van der Waals surface area contributed by atoms with Crippen molar-refractivity contribution in [2.45, 2.75) is 50.2 Å². The lowest BCUT2D eigenvalue weighted by Crippen LogP contribution is -2.50. The van der Waals surface area contributed by atoms with E-state index >= 15 is 0 Å². The Morgan fingerprint density at radius 3 is 2.61 bits per heavy atom. The number of hydrogen-bond acceptors (Lipinski definition) is 4. The molecule has 5 rings (SSSR count). The van der Waals surface area contributed by atoms with Gasteiger partial charge in [0.05, 0.1) is 18.3 Å². The van der Waals surface area contributed by atoms with Crippen molar-refractivity contribution in [3.8, 4) is 11.1 Å². The summed E-state index contributed by atoms with van der Waals surface area (Å²) in [6, 6.07) is 9.23. The van der Waals surface area contributed by atoms with Gasteiger partial charge in [0, 0.05) is 48.5 Å². The molecule has 4 heterocycles. The summed E-state index contributed by atoms with van der Waals surface area (Å²) in [4.78, 5) is 19.6. The Hall–Kier alpha value is -2.73. The van der Waals surface area contributed by atoms with Crippen LogP contribution in [0.4, 0.5) is 0 Å². The minimum atomic E-state index is 0.190. The fraction of sp³-hybridized carbons (Fsp3) is 0.409. The molecule has 3 atom stereocenters. The van der Waals surface area contributed by atoms with Crippen LogP contribution in [0.2, 0.25) is 0 Å². The standard InChI is InChI=1S/C22H25N5O/c1-26-13-17(12-25-26)14-2-3-15-11-24-19(7-16(15)6-14)10-22(28)27-20-4-5-21(27)9-18(23)8-20/h2-3,6-7,11-13,18,20-21H,4-5,8-10,23H2,1H3/t18?,20-,21+. The Balaban J connectivity index is 1.39. The van der Waals surface area contributed by atoms with Crippen molar-refractivity contribution in [1.29, 1.82) is 0 Å². The number of nitrogens with two attached hydrogens (primary N) is 1. The first-order valence-corrected chi connectivity index (χ1v) is 10.0. The van der Waals surface area contributed by atoms with Crippen LogP contribution in [0.15, 0.2) is 42.9 Å². The first-order valence-electron chi connectivity index (χ1n) is 10.0. The molecule has 0 radical (unpaired) electrons. The maximum absolute atomic E-state index is 13.0. The molecule has 2 bridgehead atoms. The van der Waals surface area contributed by atoms with Crippen LogP contribution in [-0.4, -0.2) is 43.7 Å². The number of amides is 1. The number of rotatable bonds is 3. The van der Waals surface area contributed by atoms with Gasteiger partial charge < -0.3 is 10.6 Å². The van der Waals surface area contributed by atoms with E-state index in [1.165, 1.54) is 0 Å². The highest BCUT2D eigenvalue weighted by Crippen LogP contribution is 2.35. The first-order chi connectivity index (χ1) is 13.6. The van der Waals surface area contributed by atoms with Crippen molar-refractivity contribution in [3.63, 3.8) is 0 Å². The third-order valence-electron chi connectivity index (χ3n) is 6.21. The van der Waals surface area contributed by atoms with Crippen LogP contribution in [-0.2, 0) is 18.3 Å². The van der Waals surface area contributed by atoms with Gasteiger partial charge in [-0.2, -0.15) is 5.10 Å². The van der Waals surface area contributed by atoms with Crippen molar-refractivity contribution < 1.29 is 4.79 Å². The van der Waals surface area contributed by atoms with E-state index < -0.39 is 0 Å². The summed E-state index contributed by atoms with van der Waals surface area (Å²) in [5.74, 6) is 0.190. The highest BCUT2D eigenvalue weighted by molar-refractivity contribution is 5.88. The van der Waals surface area contributed by atoms with E-state index in [1.807, 2.05) is 31.7 Å². The van der Waals surface area contributed by atoms with Crippen LogP contribution in [0.5, 0.6) is 0 Å². The zero-order valence-electron chi connectivity index (χ0n) is 16.1. The minimum absolute atomic E-state index is 0.190. The normalized spacial score (nSPS) is 24.1. The van der Waals surface area contributed by atoms with Crippen LogP contribution >= 0.6 is 0 Å². The summed E-state index contributed by atoms with van der Waals surface area (Å²) in [6.45, 7) is 0. The second-order valence-corrected chi connectivity index (χ2v) is 8.23. The topological polar surface area (TPSA) is 77.0 Å². The van der Waals surface area contributed by atoms with E-state index in [9.17, 15) is 4.79 Å². The van der Waals surface area contributed by atoms with Gasteiger partial charge in [-0.15, -0.1) is 0 Å². The van der Waals surface area contributed by atoms with Gasteiger partial charge in [0.2, 0.25) is 5.91 Å². The van der Waals surface area contributed by atoms with Crippen LogP contribution in [0.25, 0.3) is 21.9 Å². The van der Waals surface area contributed by atoms with Crippen molar-refractivity contribution in [2.75, 3.05) is 0 Å². The molecule has 144 valence electrons. The van der Waals surface area contributed by atoms with Crippen LogP contribution in [0.1, 0.15) is 31.4 Å². The highest BCUT2D eigenvalue weighted by atomic mass is 16.2. The molecule has 2 aromatic heterocycles. The maximum Gasteiger partial charge on any atom is 0.229 e. The monoisotopic (exact) mass is 375 g/mol. The van der Waals surface area contributed by atoms with Gasteiger partial charge in [-0.3, -0.25) is 14.5 Å². The Labute approximate surface area is 164 Å². The molecule has 0 spiro atoms. The zero-order chi connectivity index (χ0) is 19.3. The summed E-state index contributed by atoms with van der Waals surface area (Å²) in [6.07, 6.45) is 10.1. The lowest BCUT2D eigenvalue weighted by Gasteiger charge is -2.37. The second kappa shape index (κ2) is 6.71. The van der Waals surface area contributed by atoms with Crippen LogP contribution < -0.4 is 5.73 Å². The minimum Gasteiger partial charge on any atom is -0.336 e. The van der Waals surface area contributed by atoms with Gasteiger partial charge in [-0.25, -0.2) is 0 Å². The Morgan fingerprint density at radius 2 is 1.89 bits per heavy atom. The average Bonchev–Trinajstić information content (AvgIpc) is 3.22. The predicted molar refractivity (Wildman–Crippen MR) is 109 cm³/mol. The van der Waals surface area contributed by atoms with Gasteiger partial charge in [0.25, 0.3) is 0 Å². The third kappa shape index (κ3) is 3.07. The van der Waals surface area contributed by atoms with E-state index in [4.69, 9.17) is 5.73 Å². The largest absolute Gasteiger partial charge is 0.336 e. The van der Waals surface area contributed by atoms with E-state index in [0.29, 0.717) is 18.5 Å². The number of aryl methyl sites for hydroxylation is 1. The Morgan fingerprint density at radius 1 is 1.11 bits per heavy atom. The number of nitrogens with zero attached hydrogens (tertiary/aromatic N) is 4. The van der Waals surface area contributed by atoms with Crippen molar-refractivity contribution >= 4 is 16.7 Å². The third-order valence-corrected chi connectivity index (χ3v) is 6.21. The number of aromatic nitrogens is 3. The fourth-order valence-corrected chi connectivity index (χ4v) is 4.91. The van der Waals surface area contributed by atoms with Gasteiger partial charge in [0.15, 0.2) is 0 Å². The van der Waals surface area contributed by atoms with E-state index in [2.05, 4.69) is 33.2 Å². The summed E-state index contributed by atoms with van der Waals surface area (Å²) in [7, 11) is 1.92. The number of carbonyl (C=O) groups is 1. The Kier molecular flexibility index (Phi) is 4.16. The summed E-state index contributed by atoms with van der Waals surface area (Å²) < 4.78 is 1.80. The molecular weight excluding hydrogens is 350 g/mol. The predicted octanol–water partition coefficient (Wildman–Crippen LogP) is 2.66. The number of fused-ring (bicyclic) bond motifs is 3. The van der Waals surface area contributed by atoms with Crippen molar-refractivity contribution in [1.82, 2.24) is 19.7 Å². The molecule has 2 aliphatic rings. The molecule has 6 nitrogen and oxygen atoms in total. The molecule has 0 aliphatic carbocycles. The lowest BCUT2D eigenvalue weighted by molar-refractivity contribution is -0.135.